The molecular weight excluding hydrogens is 206 g/mol. The summed E-state index contributed by atoms with van der Waals surface area (Å²) in [5, 5.41) is 8.95. The van der Waals surface area contributed by atoms with Crippen LogP contribution < -0.4 is 10.5 Å². The third-order valence-electron chi connectivity index (χ3n) is 2.27. The molecular formula is C12H17NO3. The Hall–Kier alpha value is -1.55. The van der Waals surface area contributed by atoms with Crippen molar-refractivity contribution in [3.05, 3.63) is 29.8 Å². The van der Waals surface area contributed by atoms with Crippen molar-refractivity contribution in [3.63, 3.8) is 0 Å². The third kappa shape index (κ3) is 2.73. The summed E-state index contributed by atoms with van der Waals surface area (Å²) in [5.74, 6) is -0.343. The van der Waals surface area contributed by atoms with E-state index in [9.17, 15) is 4.79 Å². The second-order valence-electron chi connectivity index (χ2n) is 4.20. The fraction of sp³-hybridized carbons (Fsp3) is 0.417. The summed E-state index contributed by atoms with van der Waals surface area (Å²) < 4.78 is 5.45. The van der Waals surface area contributed by atoms with Crippen LogP contribution in [0.25, 0.3) is 0 Å². The molecule has 0 saturated carbocycles. The standard InChI is InChI=1S/C12H17NO3/c1-8(2)16-10-6-4-9(5-7-10)12(3,13)11(14)15/h4-8H,13H2,1-3H3,(H,14,15). The van der Waals surface area contributed by atoms with E-state index in [4.69, 9.17) is 15.6 Å². The second-order valence-corrected chi connectivity index (χ2v) is 4.20. The van der Waals surface area contributed by atoms with Crippen LogP contribution in [0.4, 0.5) is 0 Å². The van der Waals surface area contributed by atoms with Crippen LogP contribution in [0.1, 0.15) is 26.3 Å². The normalized spacial score (nSPS) is 14.6. The first kappa shape index (κ1) is 12.5. The lowest BCUT2D eigenvalue weighted by Gasteiger charge is -2.20. The first-order valence-corrected chi connectivity index (χ1v) is 5.13. The fourth-order valence-electron chi connectivity index (χ4n) is 1.28. The molecule has 0 spiro atoms. The molecule has 1 aromatic carbocycles. The average molecular weight is 223 g/mol. The molecule has 0 aliphatic rings. The molecule has 0 bridgehead atoms. The number of aliphatic carboxylic acids is 1. The first-order chi connectivity index (χ1) is 7.34. The highest BCUT2D eigenvalue weighted by Gasteiger charge is 2.29. The number of hydrogen-bond acceptors (Lipinski definition) is 3. The summed E-state index contributed by atoms with van der Waals surface area (Å²) in [7, 11) is 0. The van der Waals surface area contributed by atoms with Gasteiger partial charge in [0, 0.05) is 0 Å². The molecule has 1 aromatic rings. The molecule has 88 valence electrons. The Morgan fingerprint density at radius 1 is 1.38 bits per heavy atom. The molecule has 0 amide bonds. The van der Waals surface area contributed by atoms with Crippen LogP contribution in [0.15, 0.2) is 24.3 Å². The van der Waals surface area contributed by atoms with E-state index in [1.54, 1.807) is 24.3 Å². The van der Waals surface area contributed by atoms with Crippen molar-refractivity contribution in [2.75, 3.05) is 0 Å². The van der Waals surface area contributed by atoms with Crippen molar-refractivity contribution in [2.45, 2.75) is 32.4 Å². The van der Waals surface area contributed by atoms with Gasteiger partial charge in [0.25, 0.3) is 0 Å². The van der Waals surface area contributed by atoms with E-state index in [2.05, 4.69) is 0 Å². The average Bonchev–Trinajstić information content (AvgIpc) is 2.17. The highest BCUT2D eigenvalue weighted by Crippen LogP contribution is 2.21. The Bertz CT molecular complexity index is 368. The van der Waals surface area contributed by atoms with Gasteiger partial charge in [0.05, 0.1) is 6.10 Å². The summed E-state index contributed by atoms with van der Waals surface area (Å²) >= 11 is 0. The molecule has 3 N–H and O–H groups in total. The van der Waals surface area contributed by atoms with Crippen molar-refractivity contribution in [3.8, 4) is 5.75 Å². The molecule has 1 unspecified atom stereocenters. The smallest absolute Gasteiger partial charge is 0.328 e. The van der Waals surface area contributed by atoms with Gasteiger partial charge in [-0.3, -0.25) is 0 Å². The second kappa shape index (κ2) is 4.53. The highest BCUT2D eigenvalue weighted by molar-refractivity contribution is 5.79. The summed E-state index contributed by atoms with van der Waals surface area (Å²) in [6.07, 6.45) is 0.0922. The maximum atomic E-state index is 10.9. The van der Waals surface area contributed by atoms with E-state index in [-0.39, 0.29) is 6.10 Å². The SMILES string of the molecule is CC(C)Oc1ccc(C(C)(N)C(=O)O)cc1. The molecule has 4 heteroatoms. The van der Waals surface area contributed by atoms with Crippen LogP contribution in [0.5, 0.6) is 5.75 Å². The Kier molecular flexibility index (Phi) is 3.55. The predicted molar refractivity (Wildman–Crippen MR) is 61.4 cm³/mol. The van der Waals surface area contributed by atoms with Gasteiger partial charge in [0.2, 0.25) is 0 Å². The quantitative estimate of drug-likeness (QED) is 0.815. The molecule has 1 atom stereocenters. The van der Waals surface area contributed by atoms with Crippen LogP contribution in [0, 0.1) is 0 Å². The van der Waals surface area contributed by atoms with Gasteiger partial charge < -0.3 is 15.6 Å². The molecule has 0 fully saturated rings. The Morgan fingerprint density at radius 3 is 2.25 bits per heavy atom. The van der Waals surface area contributed by atoms with Gasteiger partial charge in [-0.25, -0.2) is 4.79 Å². The zero-order chi connectivity index (χ0) is 12.3. The minimum absolute atomic E-state index is 0.0922. The van der Waals surface area contributed by atoms with Gasteiger partial charge in [-0.2, -0.15) is 0 Å². The van der Waals surface area contributed by atoms with Crippen LogP contribution in [0.2, 0.25) is 0 Å². The number of rotatable bonds is 4. The molecule has 4 nitrogen and oxygen atoms in total. The van der Waals surface area contributed by atoms with E-state index in [1.807, 2.05) is 13.8 Å². The molecule has 0 saturated heterocycles. The predicted octanol–water partition coefficient (Wildman–Crippen LogP) is 1.73. The number of hydrogen-bond donors (Lipinski definition) is 2. The van der Waals surface area contributed by atoms with E-state index in [0.717, 1.165) is 0 Å². The minimum atomic E-state index is -1.36. The summed E-state index contributed by atoms with van der Waals surface area (Å²) in [6, 6.07) is 6.80. The lowest BCUT2D eigenvalue weighted by Crippen LogP contribution is -2.41. The van der Waals surface area contributed by atoms with E-state index < -0.39 is 11.5 Å². The Balaban J connectivity index is 2.91. The topological polar surface area (TPSA) is 72.5 Å². The van der Waals surface area contributed by atoms with E-state index in [1.165, 1.54) is 6.92 Å². The summed E-state index contributed by atoms with van der Waals surface area (Å²) in [5.41, 5.74) is 4.88. The van der Waals surface area contributed by atoms with Gasteiger partial charge in [0.1, 0.15) is 11.3 Å². The van der Waals surface area contributed by atoms with Crippen molar-refractivity contribution in [1.82, 2.24) is 0 Å². The molecule has 0 heterocycles. The molecule has 1 rings (SSSR count). The molecule has 0 aliphatic heterocycles. The van der Waals surface area contributed by atoms with Crippen molar-refractivity contribution in [2.24, 2.45) is 5.73 Å². The molecule has 0 aliphatic carbocycles. The zero-order valence-electron chi connectivity index (χ0n) is 9.73. The summed E-state index contributed by atoms with van der Waals surface area (Å²) in [4.78, 5) is 10.9. The minimum Gasteiger partial charge on any atom is -0.491 e. The van der Waals surface area contributed by atoms with Crippen LogP contribution >= 0.6 is 0 Å². The number of nitrogens with two attached hydrogens (primary N) is 1. The number of ether oxygens (including phenoxy) is 1. The zero-order valence-corrected chi connectivity index (χ0v) is 9.73. The van der Waals surface area contributed by atoms with Gasteiger partial charge in [-0.1, -0.05) is 12.1 Å². The highest BCUT2D eigenvalue weighted by atomic mass is 16.5. The molecule has 0 radical (unpaired) electrons. The van der Waals surface area contributed by atoms with Crippen LogP contribution in [0.3, 0.4) is 0 Å². The van der Waals surface area contributed by atoms with Gasteiger partial charge in [-0.05, 0) is 38.5 Å². The summed E-state index contributed by atoms with van der Waals surface area (Å²) in [6.45, 7) is 5.32. The van der Waals surface area contributed by atoms with Crippen molar-refractivity contribution in [1.29, 1.82) is 0 Å². The number of benzene rings is 1. The largest absolute Gasteiger partial charge is 0.491 e. The lowest BCUT2D eigenvalue weighted by atomic mass is 9.93. The van der Waals surface area contributed by atoms with Crippen molar-refractivity contribution < 1.29 is 14.6 Å². The molecule has 0 aromatic heterocycles. The van der Waals surface area contributed by atoms with E-state index in [0.29, 0.717) is 11.3 Å². The maximum absolute atomic E-state index is 10.9. The molecule has 16 heavy (non-hydrogen) atoms. The lowest BCUT2D eigenvalue weighted by molar-refractivity contribution is -0.143. The fourth-order valence-corrected chi connectivity index (χ4v) is 1.28. The number of carboxylic acid groups (broad SMARTS) is 1. The maximum Gasteiger partial charge on any atom is 0.328 e. The van der Waals surface area contributed by atoms with Crippen LogP contribution in [-0.4, -0.2) is 17.2 Å². The monoisotopic (exact) mass is 223 g/mol. The third-order valence-corrected chi connectivity index (χ3v) is 2.27. The first-order valence-electron chi connectivity index (χ1n) is 5.13. The Morgan fingerprint density at radius 2 is 1.88 bits per heavy atom. The number of carbonyl (C=O) groups is 1. The van der Waals surface area contributed by atoms with Gasteiger partial charge in [0.15, 0.2) is 0 Å². The number of carboxylic acids is 1. The van der Waals surface area contributed by atoms with Gasteiger partial charge >= 0.3 is 5.97 Å². The van der Waals surface area contributed by atoms with Crippen molar-refractivity contribution >= 4 is 5.97 Å². The Labute approximate surface area is 95.0 Å². The van der Waals surface area contributed by atoms with Gasteiger partial charge in [-0.15, -0.1) is 0 Å². The van der Waals surface area contributed by atoms with Crippen LogP contribution in [-0.2, 0) is 10.3 Å². The van der Waals surface area contributed by atoms with E-state index >= 15 is 0 Å².